The zero-order valence-corrected chi connectivity index (χ0v) is 13.3. The Labute approximate surface area is 130 Å². The molecule has 2 aromatic rings. The van der Waals surface area contributed by atoms with E-state index in [1.807, 2.05) is 25.1 Å². The molecule has 0 radical (unpaired) electrons. The molecule has 1 aliphatic rings. The summed E-state index contributed by atoms with van der Waals surface area (Å²) < 4.78 is 5.74. The number of fused-ring (bicyclic) bond motifs is 1. The van der Waals surface area contributed by atoms with E-state index in [9.17, 15) is 4.79 Å². The van der Waals surface area contributed by atoms with Gasteiger partial charge in [-0.15, -0.1) is 0 Å². The lowest BCUT2D eigenvalue weighted by Gasteiger charge is -2.09. The van der Waals surface area contributed by atoms with Crippen LogP contribution >= 0.6 is 15.9 Å². The number of rotatable bonds is 2. The van der Waals surface area contributed by atoms with Crippen molar-refractivity contribution < 1.29 is 9.53 Å². The number of hydrogen-bond donors (Lipinski definition) is 1. The number of carbonyl (C=O) groups is 1. The van der Waals surface area contributed by atoms with Crippen LogP contribution in [0.25, 0.3) is 11.4 Å². The second kappa shape index (κ2) is 5.54. The number of ether oxygens (including phenoxy) is 1. The Morgan fingerprint density at radius 3 is 2.86 bits per heavy atom. The Kier molecular flexibility index (Phi) is 3.73. The van der Waals surface area contributed by atoms with Crippen LogP contribution in [0.1, 0.15) is 27.3 Å². The third kappa shape index (κ3) is 2.56. The van der Waals surface area contributed by atoms with Gasteiger partial charge in [0, 0.05) is 28.7 Å². The molecular formula is C15H14BrN3O2. The molecule has 0 spiro atoms. The molecule has 1 N–H and O–H groups in total. The fourth-order valence-electron chi connectivity index (χ4n) is 2.36. The van der Waals surface area contributed by atoms with Crippen LogP contribution in [-0.2, 0) is 17.8 Å². The lowest BCUT2D eigenvalue weighted by molar-refractivity contribution is 0.0592. The minimum Gasteiger partial charge on any atom is -0.464 e. The highest BCUT2D eigenvalue weighted by Gasteiger charge is 2.24. The summed E-state index contributed by atoms with van der Waals surface area (Å²) in [5.41, 5.74) is 4.03. The third-order valence-electron chi connectivity index (χ3n) is 3.43. The second-order valence-corrected chi connectivity index (χ2v) is 5.75. The number of aromatic nitrogens is 2. The molecule has 0 bridgehead atoms. The van der Waals surface area contributed by atoms with Gasteiger partial charge in [0.1, 0.15) is 0 Å². The van der Waals surface area contributed by atoms with Crippen molar-refractivity contribution in [3.63, 3.8) is 0 Å². The molecule has 1 aromatic heterocycles. The average Bonchev–Trinajstić information content (AvgIpc) is 2.93. The summed E-state index contributed by atoms with van der Waals surface area (Å²) in [6.45, 7) is 3.25. The summed E-state index contributed by atoms with van der Waals surface area (Å²) in [7, 11) is 1.36. The number of esters is 1. The first-order valence-electron chi connectivity index (χ1n) is 6.55. The lowest BCUT2D eigenvalue weighted by atomic mass is 10.1. The van der Waals surface area contributed by atoms with E-state index < -0.39 is 5.97 Å². The Morgan fingerprint density at radius 2 is 2.14 bits per heavy atom. The van der Waals surface area contributed by atoms with Crippen LogP contribution in [0, 0.1) is 6.92 Å². The molecule has 2 heterocycles. The molecular weight excluding hydrogens is 334 g/mol. The summed E-state index contributed by atoms with van der Waals surface area (Å²) >= 11 is 3.53. The van der Waals surface area contributed by atoms with E-state index in [4.69, 9.17) is 4.74 Å². The first-order valence-corrected chi connectivity index (χ1v) is 7.35. The number of halogens is 1. The summed E-state index contributed by atoms with van der Waals surface area (Å²) in [6, 6.07) is 5.94. The van der Waals surface area contributed by atoms with Crippen LogP contribution in [-0.4, -0.2) is 23.0 Å². The molecule has 0 unspecified atom stereocenters. The van der Waals surface area contributed by atoms with Crippen molar-refractivity contribution in [3.05, 3.63) is 45.2 Å². The normalized spacial score (nSPS) is 13.1. The predicted octanol–water partition coefficient (Wildman–Crippen LogP) is 2.60. The molecule has 1 aromatic carbocycles. The molecule has 0 amide bonds. The van der Waals surface area contributed by atoms with Crippen molar-refractivity contribution >= 4 is 21.9 Å². The number of nitrogens with one attached hydrogen (secondary N) is 1. The van der Waals surface area contributed by atoms with Crippen LogP contribution in [0.5, 0.6) is 0 Å². The van der Waals surface area contributed by atoms with Gasteiger partial charge in [-0.05, 0) is 24.6 Å². The number of benzene rings is 1. The molecule has 0 aliphatic carbocycles. The lowest BCUT2D eigenvalue weighted by Crippen LogP contribution is -2.11. The summed E-state index contributed by atoms with van der Waals surface area (Å²) in [4.78, 5) is 20.9. The van der Waals surface area contributed by atoms with Crippen molar-refractivity contribution in [2.45, 2.75) is 20.0 Å². The summed E-state index contributed by atoms with van der Waals surface area (Å²) in [6.07, 6.45) is 0. The van der Waals surface area contributed by atoms with E-state index in [0.717, 1.165) is 26.9 Å². The molecule has 108 valence electrons. The van der Waals surface area contributed by atoms with Gasteiger partial charge in [0.05, 0.1) is 12.8 Å². The van der Waals surface area contributed by atoms with Gasteiger partial charge in [-0.25, -0.2) is 14.8 Å². The van der Waals surface area contributed by atoms with Gasteiger partial charge in [-0.2, -0.15) is 0 Å². The maximum Gasteiger partial charge on any atom is 0.357 e. The predicted molar refractivity (Wildman–Crippen MR) is 81.8 cm³/mol. The van der Waals surface area contributed by atoms with E-state index >= 15 is 0 Å². The van der Waals surface area contributed by atoms with E-state index in [0.29, 0.717) is 24.6 Å². The highest BCUT2D eigenvalue weighted by molar-refractivity contribution is 9.10. The zero-order chi connectivity index (χ0) is 15.0. The third-order valence-corrected chi connectivity index (χ3v) is 4.09. The average molecular weight is 348 g/mol. The van der Waals surface area contributed by atoms with Crippen LogP contribution in [0.15, 0.2) is 22.7 Å². The minimum absolute atomic E-state index is 0.343. The van der Waals surface area contributed by atoms with E-state index in [1.54, 1.807) is 0 Å². The van der Waals surface area contributed by atoms with E-state index in [2.05, 4.69) is 31.2 Å². The maximum atomic E-state index is 11.9. The summed E-state index contributed by atoms with van der Waals surface area (Å²) in [5.74, 6) is 0.103. The second-order valence-electron chi connectivity index (χ2n) is 4.90. The van der Waals surface area contributed by atoms with Crippen molar-refractivity contribution in [3.8, 4) is 11.4 Å². The van der Waals surface area contributed by atoms with Crippen LogP contribution in [0.4, 0.5) is 0 Å². The molecule has 0 saturated heterocycles. The molecule has 6 heteroatoms. The quantitative estimate of drug-likeness (QED) is 0.846. The van der Waals surface area contributed by atoms with Gasteiger partial charge in [-0.3, -0.25) is 0 Å². The standard InChI is InChI=1S/C15H14BrN3O2/c1-8-3-4-9(11(16)5-8)14-18-12-7-17-6-10(12)13(19-14)15(20)21-2/h3-5,17H,6-7H2,1-2H3. The van der Waals surface area contributed by atoms with E-state index in [1.165, 1.54) is 7.11 Å². The van der Waals surface area contributed by atoms with Crippen molar-refractivity contribution in [2.24, 2.45) is 0 Å². The molecule has 21 heavy (non-hydrogen) atoms. The Hall–Kier alpha value is -1.79. The zero-order valence-electron chi connectivity index (χ0n) is 11.7. The number of methoxy groups -OCH3 is 1. The molecule has 0 saturated carbocycles. The summed E-state index contributed by atoms with van der Waals surface area (Å²) in [5, 5.41) is 3.19. The largest absolute Gasteiger partial charge is 0.464 e. The number of carbonyl (C=O) groups excluding carboxylic acids is 1. The fraction of sp³-hybridized carbons (Fsp3) is 0.267. The van der Waals surface area contributed by atoms with Gasteiger partial charge >= 0.3 is 5.97 Å². The molecule has 5 nitrogen and oxygen atoms in total. The maximum absolute atomic E-state index is 11.9. The van der Waals surface area contributed by atoms with Crippen molar-refractivity contribution in [2.75, 3.05) is 7.11 Å². The molecule has 3 rings (SSSR count). The van der Waals surface area contributed by atoms with Gasteiger partial charge in [0.2, 0.25) is 0 Å². The first-order chi connectivity index (χ1) is 10.1. The SMILES string of the molecule is COC(=O)c1nc(-c2ccc(C)cc2Br)nc2c1CNC2. The Morgan fingerprint density at radius 1 is 1.33 bits per heavy atom. The van der Waals surface area contributed by atoms with Crippen molar-refractivity contribution in [1.82, 2.24) is 15.3 Å². The highest BCUT2D eigenvalue weighted by Crippen LogP contribution is 2.29. The smallest absolute Gasteiger partial charge is 0.357 e. The fourth-order valence-corrected chi connectivity index (χ4v) is 3.03. The molecule has 0 fully saturated rings. The highest BCUT2D eigenvalue weighted by atomic mass is 79.9. The van der Waals surface area contributed by atoms with Crippen LogP contribution < -0.4 is 5.32 Å². The number of aryl methyl sites for hydroxylation is 1. The first kappa shape index (κ1) is 14.2. The van der Waals surface area contributed by atoms with Crippen LogP contribution in [0.3, 0.4) is 0 Å². The van der Waals surface area contributed by atoms with Gasteiger partial charge < -0.3 is 10.1 Å². The van der Waals surface area contributed by atoms with Gasteiger partial charge in [0.15, 0.2) is 11.5 Å². The van der Waals surface area contributed by atoms with Crippen LogP contribution in [0.2, 0.25) is 0 Å². The number of nitrogens with zero attached hydrogens (tertiary/aromatic N) is 2. The monoisotopic (exact) mass is 347 g/mol. The van der Waals surface area contributed by atoms with E-state index in [-0.39, 0.29) is 0 Å². The van der Waals surface area contributed by atoms with Crippen molar-refractivity contribution in [1.29, 1.82) is 0 Å². The van der Waals surface area contributed by atoms with Gasteiger partial charge in [-0.1, -0.05) is 22.0 Å². The van der Waals surface area contributed by atoms with Gasteiger partial charge in [0.25, 0.3) is 0 Å². The minimum atomic E-state index is -0.429. The topological polar surface area (TPSA) is 64.1 Å². The molecule has 0 atom stereocenters. The number of hydrogen-bond acceptors (Lipinski definition) is 5. The Balaban J connectivity index is 2.18. The Bertz CT molecular complexity index is 731. The molecule has 1 aliphatic heterocycles.